The van der Waals surface area contributed by atoms with E-state index in [9.17, 15) is 20.1 Å². The van der Waals surface area contributed by atoms with Crippen LogP contribution in [0.2, 0.25) is 0 Å². The van der Waals surface area contributed by atoms with E-state index < -0.39 is 18.2 Å². The number of carbonyl (C=O) groups excluding carboxylic acids is 1. The summed E-state index contributed by atoms with van der Waals surface area (Å²) >= 11 is 0. The Balaban J connectivity index is 3.45. The quantitative estimate of drug-likeness (QED) is 0.0361. The largest absolute Gasteiger partial charge is 0.394 e. The second kappa shape index (κ2) is 66.3. The van der Waals surface area contributed by atoms with Crippen molar-refractivity contribution in [2.45, 2.75) is 417 Å². The molecule has 0 aliphatic heterocycles. The van der Waals surface area contributed by atoms with E-state index in [0.29, 0.717) is 12.8 Å². The van der Waals surface area contributed by atoms with Crippen LogP contribution in [0, 0.1) is 0 Å². The highest BCUT2D eigenvalue weighted by Gasteiger charge is 2.26. The Bertz CT molecular complexity index is 1140. The molecular weight excluding hydrogens is 931 g/mol. The molecule has 76 heavy (non-hydrogen) atoms. The Morgan fingerprint density at radius 2 is 0.539 bits per heavy atom. The summed E-state index contributed by atoms with van der Waals surface area (Å²) in [5.41, 5.74) is 0. The standard InChI is InChI=1S/C71H139NO4/c1-3-5-7-9-11-13-15-17-19-21-23-25-27-28-29-30-31-32-33-34-35-36-37-38-39-40-41-42-44-46-48-50-52-54-56-58-60-62-64-66-70(75)72-68(67-73)71(76)69(74)65-63-61-59-57-55-53-51-49-47-45-43-26-24-22-20-18-16-14-12-10-8-6-4-2/h49,51,57,59,68-69,71,73-74,76H,3-48,50,52-56,58,60-67H2,1-2H3,(H,72,75)/b51-49+,59-57+. The van der Waals surface area contributed by atoms with Crippen LogP contribution in [-0.4, -0.2) is 46.1 Å². The molecule has 3 unspecified atom stereocenters. The second-order valence-corrected chi connectivity index (χ2v) is 24.4. The average Bonchev–Trinajstić information content (AvgIpc) is 3.42. The lowest BCUT2D eigenvalue weighted by Crippen LogP contribution is -2.50. The Labute approximate surface area is 477 Å². The molecule has 452 valence electrons. The van der Waals surface area contributed by atoms with E-state index in [1.54, 1.807) is 0 Å². The van der Waals surface area contributed by atoms with Crippen LogP contribution >= 0.6 is 0 Å². The van der Waals surface area contributed by atoms with Crippen LogP contribution in [0.15, 0.2) is 24.3 Å². The van der Waals surface area contributed by atoms with E-state index in [2.05, 4.69) is 43.5 Å². The van der Waals surface area contributed by atoms with Gasteiger partial charge in [-0.1, -0.05) is 366 Å². The molecule has 0 rings (SSSR count). The van der Waals surface area contributed by atoms with Gasteiger partial charge in [-0.3, -0.25) is 4.79 Å². The number of amides is 1. The molecule has 0 fully saturated rings. The predicted molar refractivity (Wildman–Crippen MR) is 338 cm³/mol. The topological polar surface area (TPSA) is 89.8 Å². The van der Waals surface area contributed by atoms with Crippen LogP contribution < -0.4 is 5.32 Å². The van der Waals surface area contributed by atoms with Crippen LogP contribution in [0.3, 0.4) is 0 Å². The van der Waals surface area contributed by atoms with Crippen molar-refractivity contribution >= 4 is 5.91 Å². The van der Waals surface area contributed by atoms with E-state index >= 15 is 0 Å². The molecule has 0 radical (unpaired) electrons. The van der Waals surface area contributed by atoms with Crippen molar-refractivity contribution in [3.8, 4) is 0 Å². The summed E-state index contributed by atoms with van der Waals surface area (Å²) in [4.78, 5) is 12.6. The predicted octanol–water partition coefficient (Wildman–Crippen LogP) is 22.7. The number of unbranched alkanes of at least 4 members (excludes halogenated alkanes) is 54. The minimum absolute atomic E-state index is 0.150. The number of carbonyl (C=O) groups is 1. The Hall–Kier alpha value is -1.17. The van der Waals surface area contributed by atoms with Crippen molar-refractivity contribution in [2.24, 2.45) is 0 Å². The van der Waals surface area contributed by atoms with Crippen molar-refractivity contribution in [1.82, 2.24) is 5.32 Å². The lowest BCUT2D eigenvalue weighted by molar-refractivity contribution is -0.124. The Morgan fingerprint density at radius 1 is 0.316 bits per heavy atom. The van der Waals surface area contributed by atoms with Gasteiger partial charge in [-0.15, -0.1) is 0 Å². The molecule has 5 heteroatoms. The van der Waals surface area contributed by atoms with E-state index in [1.807, 2.05) is 0 Å². The van der Waals surface area contributed by atoms with Gasteiger partial charge in [-0.05, 0) is 51.4 Å². The fourth-order valence-corrected chi connectivity index (χ4v) is 11.4. The molecule has 0 saturated carbocycles. The molecule has 0 aliphatic rings. The maximum absolute atomic E-state index is 12.6. The number of nitrogens with one attached hydrogen (secondary N) is 1. The lowest BCUT2D eigenvalue weighted by Gasteiger charge is -2.26. The van der Waals surface area contributed by atoms with Crippen LogP contribution in [0.5, 0.6) is 0 Å². The summed E-state index contributed by atoms with van der Waals surface area (Å²) < 4.78 is 0. The zero-order chi connectivity index (χ0) is 55.0. The fourth-order valence-electron chi connectivity index (χ4n) is 11.4. The highest BCUT2D eigenvalue weighted by atomic mass is 16.3. The first-order valence-electron chi connectivity index (χ1n) is 35.1. The van der Waals surface area contributed by atoms with Crippen molar-refractivity contribution < 1.29 is 20.1 Å². The first-order valence-corrected chi connectivity index (χ1v) is 35.1. The third-order valence-corrected chi connectivity index (χ3v) is 16.8. The van der Waals surface area contributed by atoms with Crippen LogP contribution in [0.4, 0.5) is 0 Å². The lowest BCUT2D eigenvalue weighted by atomic mass is 10.0. The summed E-state index contributed by atoms with van der Waals surface area (Å²) in [6.07, 6.45) is 87.0. The molecule has 0 bridgehead atoms. The molecule has 0 saturated heterocycles. The number of hydrogen-bond donors (Lipinski definition) is 4. The van der Waals surface area contributed by atoms with Gasteiger partial charge in [0.2, 0.25) is 5.91 Å². The molecule has 1 amide bonds. The van der Waals surface area contributed by atoms with E-state index in [4.69, 9.17) is 0 Å². The van der Waals surface area contributed by atoms with Gasteiger partial charge in [-0.25, -0.2) is 0 Å². The summed E-state index contributed by atoms with van der Waals surface area (Å²) in [6.45, 7) is 4.22. The number of allylic oxidation sites excluding steroid dienone is 4. The van der Waals surface area contributed by atoms with Gasteiger partial charge in [0, 0.05) is 6.42 Å². The van der Waals surface area contributed by atoms with Crippen molar-refractivity contribution in [2.75, 3.05) is 6.61 Å². The van der Waals surface area contributed by atoms with Gasteiger partial charge in [0.1, 0.15) is 6.10 Å². The van der Waals surface area contributed by atoms with Crippen LogP contribution in [-0.2, 0) is 4.79 Å². The van der Waals surface area contributed by atoms with Gasteiger partial charge in [0.25, 0.3) is 0 Å². The van der Waals surface area contributed by atoms with Crippen molar-refractivity contribution in [3.05, 3.63) is 24.3 Å². The summed E-state index contributed by atoms with van der Waals surface area (Å²) in [6, 6.07) is -0.831. The average molecular weight is 1070 g/mol. The molecule has 0 aromatic heterocycles. The van der Waals surface area contributed by atoms with Crippen LogP contribution in [0.25, 0.3) is 0 Å². The van der Waals surface area contributed by atoms with E-state index in [-0.39, 0.29) is 12.5 Å². The van der Waals surface area contributed by atoms with Crippen molar-refractivity contribution in [1.29, 1.82) is 0 Å². The van der Waals surface area contributed by atoms with Gasteiger partial charge in [0.05, 0.1) is 18.8 Å². The molecule has 0 heterocycles. The third-order valence-electron chi connectivity index (χ3n) is 16.8. The normalized spacial score (nSPS) is 13.2. The molecular formula is C71H139NO4. The Morgan fingerprint density at radius 3 is 0.803 bits per heavy atom. The number of aliphatic hydroxyl groups is 3. The number of rotatable bonds is 66. The van der Waals surface area contributed by atoms with Crippen molar-refractivity contribution in [3.63, 3.8) is 0 Å². The first kappa shape index (κ1) is 74.8. The minimum atomic E-state index is -1.17. The maximum atomic E-state index is 12.6. The second-order valence-electron chi connectivity index (χ2n) is 24.4. The van der Waals surface area contributed by atoms with Gasteiger partial charge >= 0.3 is 0 Å². The molecule has 0 aromatic carbocycles. The molecule has 0 spiro atoms. The highest BCUT2D eigenvalue weighted by Crippen LogP contribution is 2.19. The van der Waals surface area contributed by atoms with Gasteiger partial charge in [-0.2, -0.15) is 0 Å². The maximum Gasteiger partial charge on any atom is 0.220 e. The van der Waals surface area contributed by atoms with Gasteiger partial charge in [0.15, 0.2) is 0 Å². The number of aliphatic hydroxyl groups excluding tert-OH is 3. The SMILES string of the molecule is CCCCCCCCCCCCCCCC/C=C/CC/C=C/CCCC(O)C(O)C(CO)NC(=O)CCCCCCCCCCCCCCCCCCCCCCCCCCCCCCCCCCCCCCCCC. The zero-order valence-electron chi connectivity index (χ0n) is 51.9. The van der Waals surface area contributed by atoms with E-state index in [1.165, 1.54) is 327 Å². The molecule has 0 aliphatic carbocycles. The zero-order valence-corrected chi connectivity index (χ0v) is 51.9. The fraction of sp³-hybridized carbons (Fsp3) is 0.930. The number of hydrogen-bond acceptors (Lipinski definition) is 4. The highest BCUT2D eigenvalue weighted by molar-refractivity contribution is 5.76. The summed E-state index contributed by atoms with van der Waals surface area (Å²) in [5.74, 6) is -0.150. The first-order chi connectivity index (χ1) is 37.6. The smallest absolute Gasteiger partial charge is 0.220 e. The monoisotopic (exact) mass is 1070 g/mol. The van der Waals surface area contributed by atoms with E-state index in [0.717, 1.165) is 44.9 Å². The summed E-state index contributed by atoms with van der Waals surface area (Å²) in [7, 11) is 0. The van der Waals surface area contributed by atoms with Gasteiger partial charge < -0.3 is 20.6 Å². The molecule has 0 aromatic rings. The molecule has 5 nitrogen and oxygen atoms in total. The molecule has 4 N–H and O–H groups in total. The third kappa shape index (κ3) is 60.5. The Kier molecular flexibility index (Phi) is 65.3. The molecule has 3 atom stereocenters. The van der Waals surface area contributed by atoms with Crippen LogP contribution in [0.1, 0.15) is 399 Å². The summed E-state index contributed by atoms with van der Waals surface area (Å²) in [5, 5.41) is 33.9. The minimum Gasteiger partial charge on any atom is -0.394 e.